The number of sulfonamides is 1. The minimum absolute atomic E-state index is 0.150. The largest absolute Gasteiger partial charge is 0.279 e. The molecule has 0 aliphatic rings. The second-order valence-electron chi connectivity index (χ2n) is 4.64. The zero-order valence-corrected chi connectivity index (χ0v) is 13.2. The fourth-order valence-electron chi connectivity index (χ4n) is 2.05. The molecular formula is C15H15ClFNO2S. The molecule has 2 rings (SSSR count). The summed E-state index contributed by atoms with van der Waals surface area (Å²) in [6.45, 7) is 3.73. The molecule has 0 heterocycles. The van der Waals surface area contributed by atoms with Crippen molar-refractivity contribution in [3.63, 3.8) is 0 Å². The number of aryl methyl sites for hydroxylation is 2. The Labute approximate surface area is 128 Å². The molecule has 21 heavy (non-hydrogen) atoms. The number of hydrogen-bond acceptors (Lipinski definition) is 2. The molecule has 1 N–H and O–H groups in total. The highest BCUT2D eigenvalue weighted by atomic mass is 35.5. The van der Waals surface area contributed by atoms with Crippen LogP contribution in [0.25, 0.3) is 0 Å². The zero-order chi connectivity index (χ0) is 15.6. The highest BCUT2D eigenvalue weighted by Crippen LogP contribution is 2.26. The van der Waals surface area contributed by atoms with E-state index in [1.807, 2.05) is 19.1 Å². The summed E-state index contributed by atoms with van der Waals surface area (Å²) < 4.78 is 41.0. The number of anilines is 1. The number of benzene rings is 2. The van der Waals surface area contributed by atoms with Gasteiger partial charge in [-0.25, -0.2) is 12.8 Å². The molecular weight excluding hydrogens is 313 g/mol. The zero-order valence-electron chi connectivity index (χ0n) is 11.7. The summed E-state index contributed by atoms with van der Waals surface area (Å²) in [6.07, 6.45) is 0.669. The van der Waals surface area contributed by atoms with Crippen molar-refractivity contribution >= 4 is 27.3 Å². The molecule has 0 unspecified atom stereocenters. The molecule has 0 saturated heterocycles. The third kappa shape index (κ3) is 3.36. The van der Waals surface area contributed by atoms with Crippen molar-refractivity contribution in [3.8, 4) is 0 Å². The molecule has 2 aromatic carbocycles. The predicted octanol–water partition coefficient (Wildman–Crippen LogP) is 4.15. The fourth-order valence-corrected chi connectivity index (χ4v) is 3.44. The molecule has 0 aliphatic heterocycles. The Hall–Kier alpha value is -1.59. The van der Waals surface area contributed by atoms with E-state index in [1.54, 1.807) is 13.0 Å². The van der Waals surface area contributed by atoms with Crippen LogP contribution in [0.4, 0.5) is 10.1 Å². The topological polar surface area (TPSA) is 46.2 Å². The van der Waals surface area contributed by atoms with Crippen LogP contribution in [0.2, 0.25) is 5.02 Å². The van der Waals surface area contributed by atoms with E-state index in [2.05, 4.69) is 4.72 Å². The summed E-state index contributed by atoms with van der Waals surface area (Å²) in [6, 6.07) is 8.98. The van der Waals surface area contributed by atoms with Crippen molar-refractivity contribution in [2.24, 2.45) is 0 Å². The van der Waals surface area contributed by atoms with Crippen LogP contribution in [0.3, 0.4) is 0 Å². The van der Waals surface area contributed by atoms with Gasteiger partial charge in [-0.1, -0.05) is 36.7 Å². The molecule has 0 saturated carbocycles. The van der Waals surface area contributed by atoms with Gasteiger partial charge in [-0.3, -0.25) is 4.72 Å². The molecule has 0 spiro atoms. The first-order chi connectivity index (χ1) is 9.85. The van der Waals surface area contributed by atoms with E-state index in [-0.39, 0.29) is 5.02 Å². The smallest absolute Gasteiger partial charge is 0.264 e. The van der Waals surface area contributed by atoms with Gasteiger partial charge in [0.05, 0.1) is 5.69 Å². The van der Waals surface area contributed by atoms with Gasteiger partial charge in [0.2, 0.25) is 0 Å². The molecule has 0 atom stereocenters. The van der Waals surface area contributed by atoms with E-state index in [4.69, 9.17) is 11.6 Å². The van der Waals surface area contributed by atoms with Crippen molar-refractivity contribution in [1.82, 2.24) is 0 Å². The van der Waals surface area contributed by atoms with Crippen molar-refractivity contribution in [2.75, 3.05) is 4.72 Å². The van der Waals surface area contributed by atoms with Crippen molar-refractivity contribution in [1.29, 1.82) is 0 Å². The van der Waals surface area contributed by atoms with Crippen molar-refractivity contribution < 1.29 is 12.8 Å². The second-order valence-corrected chi connectivity index (χ2v) is 6.73. The van der Waals surface area contributed by atoms with Crippen LogP contribution >= 0.6 is 11.6 Å². The van der Waals surface area contributed by atoms with Gasteiger partial charge in [-0.15, -0.1) is 0 Å². The summed E-state index contributed by atoms with van der Waals surface area (Å²) in [5, 5.41) is 0.150. The lowest BCUT2D eigenvalue weighted by atomic mass is 10.1. The van der Waals surface area contributed by atoms with Gasteiger partial charge in [-0.05, 0) is 42.7 Å². The molecule has 0 radical (unpaired) electrons. The Bertz CT molecular complexity index is 775. The molecule has 0 fully saturated rings. The minimum Gasteiger partial charge on any atom is -0.279 e. The lowest BCUT2D eigenvalue weighted by Gasteiger charge is -2.14. The number of halogens is 2. The van der Waals surface area contributed by atoms with Crippen LogP contribution in [0.15, 0.2) is 41.3 Å². The van der Waals surface area contributed by atoms with Crippen molar-refractivity contribution in [3.05, 3.63) is 58.4 Å². The Kier molecular flexibility index (Phi) is 4.54. The Morgan fingerprint density at radius 2 is 1.95 bits per heavy atom. The van der Waals surface area contributed by atoms with Gasteiger partial charge in [0.1, 0.15) is 10.7 Å². The number of nitrogens with one attached hydrogen (secondary N) is 1. The molecule has 0 aromatic heterocycles. The average molecular weight is 328 g/mol. The maximum absolute atomic E-state index is 13.8. The number of para-hydroxylation sites is 1. The van der Waals surface area contributed by atoms with Gasteiger partial charge in [0.15, 0.2) is 0 Å². The summed E-state index contributed by atoms with van der Waals surface area (Å²) in [5.41, 5.74) is 2.13. The maximum Gasteiger partial charge on any atom is 0.264 e. The van der Waals surface area contributed by atoms with Gasteiger partial charge >= 0.3 is 0 Å². The highest BCUT2D eigenvalue weighted by Gasteiger charge is 2.21. The maximum atomic E-state index is 13.8. The molecule has 0 aliphatic carbocycles. The SMILES string of the molecule is CCc1cccc(C)c1NS(=O)(=O)c1ccc(Cl)cc1F. The van der Waals surface area contributed by atoms with Crippen LogP contribution in [0.1, 0.15) is 18.1 Å². The molecule has 112 valence electrons. The standard InChI is InChI=1S/C15H15ClFNO2S/c1-3-11-6-4-5-10(2)15(11)18-21(19,20)14-8-7-12(16)9-13(14)17/h4-9,18H,3H2,1-2H3. The monoisotopic (exact) mass is 327 g/mol. The van der Waals surface area contributed by atoms with Gasteiger partial charge < -0.3 is 0 Å². The van der Waals surface area contributed by atoms with Crippen molar-refractivity contribution in [2.45, 2.75) is 25.2 Å². The van der Waals surface area contributed by atoms with E-state index >= 15 is 0 Å². The molecule has 2 aromatic rings. The number of rotatable bonds is 4. The lowest BCUT2D eigenvalue weighted by Crippen LogP contribution is -2.16. The van der Waals surface area contributed by atoms with E-state index in [0.717, 1.165) is 23.3 Å². The first kappa shape index (κ1) is 15.8. The van der Waals surface area contributed by atoms with E-state index in [0.29, 0.717) is 12.1 Å². The molecule has 0 amide bonds. The Balaban J connectivity index is 2.47. The van der Waals surface area contributed by atoms with Gasteiger partial charge in [-0.2, -0.15) is 0 Å². The summed E-state index contributed by atoms with van der Waals surface area (Å²) in [4.78, 5) is -0.419. The summed E-state index contributed by atoms with van der Waals surface area (Å²) in [7, 11) is -4.00. The third-order valence-corrected chi connectivity index (χ3v) is 4.78. The molecule has 0 bridgehead atoms. The molecule has 3 nitrogen and oxygen atoms in total. The second kappa shape index (κ2) is 6.03. The first-order valence-corrected chi connectivity index (χ1v) is 8.27. The Morgan fingerprint density at radius 3 is 2.57 bits per heavy atom. The quantitative estimate of drug-likeness (QED) is 0.917. The fraction of sp³-hybridized carbons (Fsp3) is 0.200. The summed E-state index contributed by atoms with van der Waals surface area (Å²) >= 11 is 5.64. The van der Waals surface area contributed by atoms with Gasteiger partial charge in [0.25, 0.3) is 10.0 Å². The average Bonchev–Trinajstić information content (AvgIpc) is 2.40. The van der Waals surface area contributed by atoms with Crippen LogP contribution < -0.4 is 4.72 Å². The Morgan fingerprint density at radius 1 is 1.24 bits per heavy atom. The van der Waals surface area contributed by atoms with Crippen LogP contribution in [0, 0.1) is 12.7 Å². The minimum atomic E-state index is -4.00. The third-order valence-electron chi connectivity index (χ3n) is 3.16. The van der Waals surface area contributed by atoms with Gasteiger partial charge in [0, 0.05) is 5.02 Å². The molecule has 6 heteroatoms. The first-order valence-electron chi connectivity index (χ1n) is 6.41. The van der Waals surface area contributed by atoms with E-state index in [9.17, 15) is 12.8 Å². The predicted molar refractivity (Wildman–Crippen MR) is 82.8 cm³/mol. The van der Waals surface area contributed by atoms with Crippen LogP contribution in [-0.4, -0.2) is 8.42 Å². The number of hydrogen-bond donors (Lipinski definition) is 1. The lowest BCUT2D eigenvalue weighted by molar-refractivity contribution is 0.570. The van der Waals surface area contributed by atoms with E-state index < -0.39 is 20.7 Å². The van der Waals surface area contributed by atoms with Crippen LogP contribution in [-0.2, 0) is 16.4 Å². The highest BCUT2D eigenvalue weighted by molar-refractivity contribution is 7.92. The summed E-state index contributed by atoms with van der Waals surface area (Å²) in [5.74, 6) is -0.873. The van der Waals surface area contributed by atoms with Crippen LogP contribution in [0.5, 0.6) is 0 Å². The normalized spacial score (nSPS) is 11.4. The van der Waals surface area contributed by atoms with E-state index in [1.165, 1.54) is 6.07 Å².